The fourth-order valence-electron chi connectivity index (χ4n) is 3.15. The minimum Gasteiger partial charge on any atom is -0.492 e. The highest BCUT2D eigenvalue weighted by atomic mass is 16.5. The Labute approximate surface area is 174 Å². The SMILES string of the molecule is C=CC(/C(C=NC)=C/C)=C1/OCC/C1=C(/C)N.CCCCCCCC(C)CC. The van der Waals surface area contributed by atoms with E-state index in [-0.39, 0.29) is 0 Å². The molecular weight excluding hydrogens is 344 g/mol. The zero-order valence-corrected chi connectivity index (χ0v) is 19.3. The van der Waals surface area contributed by atoms with Crippen LogP contribution in [0.2, 0.25) is 0 Å². The van der Waals surface area contributed by atoms with E-state index in [0.29, 0.717) is 6.61 Å². The van der Waals surface area contributed by atoms with E-state index in [1.54, 1.807) is 19.3 Å². The van der Waals surface area contributed by atoms with Gasteiger partial charge in [-0.2, -0.15) is 0 Å². The van der Waals surface area contributed by atoms with Gasteiger partial charge in [0.25, 0.3) is 0 Å². The predicted octanol–water partition coefficient (Wildman–Crippen LogP) is 7.12. The van der Waals surface area contributed by atoms with Crippen molar-refractivity contribution in [3.8, 4) is 0 Å². The van der Waals surface area contributed by atoms with Crippen LogP contribution in [0.15, 0.2) is 51.9 Å². The van der Waals surface area contributed by atoms with Crippen molar-refractivity contribution in [3.05, 3.63) is 46.9 Å². The monoisotopic (exact) mass is 388 g/mol. The molecule has 2 N–H and O–H groups in total. The van der Waals surface area contributed by atoms with Crippen LogP contribution in [0.25, 0.3) is 0 Å². The third-order valence-corrected chi connectivity index (χ3v) is 5.18. The maximum atomic E-state index is 5.87. The molecule has 1 aliphatic heterocycles. The Morgan fingerprint density at radius 3 is 2.43 bits per heavy atom. The summed E-state index contributed by atoms with van der Waals surface area (Å²) in [5, 5.41) is 0. The summed E-state index contributed by atoms with van der Waals surface area (Å²) >= 11 is 0. The van der Waals surface area contributed by atoms with Crippen LogP contribution >= 0.6 is 0 Å². The second-order valence-electron chi connectivity index (χ2n) is 7.55. The van der Waals surface area contributed by atoms with Crippen LogP contribution in [0, 0.1) is 5.92 Å². The molecule has 0 amide bonds. The van der Waals surface area contributed by atoms with Crippen molar-refractivity contribution < 1.29 is 4.74 Å². The Kier molecular flexibility index (Phi) is 15.2. The summed E-state index contributed by atoms with van der Waals surface area (Å²) in [5.74, 6) is 1.80. The van der Waals surface area contributed by atoms with Crippen molar-refractivity contribution in [3.63, 3.8) is 0 Å². The molecule has 1 rings (SSSR count). The third kappa shape index (κ3) is 9.96. The molecule has 1 atom stereocenters. The molecule has 0 saturated carbocycles. The van der Waals surface area contributed by atoms with E-state index >= 15 is 0 Å². The molecule has 0 aromatic carbocycles. The molecule has 160 valence electrons. The summed E-state index contributed by atoms with van der Waals surface area (Å²) in [6.07, 6.45) is 16.4. The van der Waals surface area contributed by atoms with Crippen molar-refractivity contribution in [2.24, 2.45) is 16.6 Å². The Hall–Kier alpha value is -1.77. The van der Waals surface area contributed by atoms with E-state index in [9.17, 15) is 0 Å². The molecule has 1 saturated heterocycles. The van der Waals surface area contributed by atoms with Crippen molar-refractivity contribution in [1.82, 2.24) is 0 Å². The molecule has 0 bridgehead atoms. The normalized spacial score (nSPS) is 19.0. The molecule has 0 spiro atoms. The minimum absolute atomic E-state index is 0.677. The molecule has 3 nitrogen and oxygen atoms in total. The van der Waals surface area contributed by atoms with Crippen molar-refractivity contribution in [2.75, 3.05) is 13.7 Å². The first-order valence-corrected chi connectivity index (χ1v) is 11.0. The van der Waals surface area contributed by atoms with Crippen molar-refractivity contribution in [2.45, 2.75) is 86.0 Å². The van der Waals surface area contributed by atoms with Crippen LogP contribution in [0.5, 0.6) is 0 Å². The minimum atomic E-state index is 0.677. The van der Waals surface area contributed by atoms with Gasteiger partial charge in [0.15, 0.2) is 0 Å². The highest BCUT2D eigenvalue weighted by Gasteiger charge is 2.21. The molecule has 0 aliphatic carbocycles. The summed E-state index contributed by atoms with van der Waals surface area (Å²) in [6, 6.07) is 0. The Bertz CT molecular complexity index is 563. The molecular formula is C25H44N2O. The number of hydrogen-bond acceptors (Lipinski definition) is 3. The second kappa shape index (κ2) is 16.2. The average molecular weight is 389 g/mol. The lowest BCUT2D eigenvalue weighted by Gasteiger charge is -2.09. The predicted molar refractivity (Wildman–Crippen MR) is 126 cm³/mol. The Morgan fingerprint density at radius 2 is 1.93 bits per heavy atom. The lowest BCUT2D eigenvalue weighted by Crippen LogP contribution is -2.01. The van der Waals surface area contributed by atoms with E-state index < -0.39 is 0 Å². The Balaban J connectivity index is 0.000000576. The third-order valence-electron chi connectivity index (χ3n) is 5.18. The number of aliphatic imine (C=N–C) groups is 1. The maximum absolute atomic E-state index is 5.87. The van der Waals surface area contributed by atoms with Gasteiger partial charge in [-0.25, -0.2) is 0 Å². The summed E-state index contributed by atoms with van der Waals surface area (Å²) in [5.41, 5.74) is 9.71. The number of unbranched alkanes of at least 4 members (excludes halogenated alkanes) is 4. The lowest BCUT2D eigenvalue weighted by molar-refractivity contribution is 0.263. The van der Waals surface area contributed by atoms with Gasteiger partial charge < -0.3 is 10.5 Å². The van der Waals surface area contributed by atoms with Gasteiger partial charge in [-0.05, 0) is 25.3 Å². The highest BCUT2D eigenvalue weighted by Crippen LogP contribution is 2.31. The standard InChI is InChI=1S/C14H20N2O.C11H24/c1-5-11(9-16-4)12(6-2)14-13(10(3)15)7-8-17-14;1-4-6-7-8-9-10-11(3)5-2/h5-6,9H,2,7-8,15H2,1,3-4H3;11H,4-10H2,1-3H3/b11-5+,13-10+,14-12-,16-9?;. The topological polar surface area (TPSA) is 47.6 Å². The molecule has 1 aliphatic rings. The maximum Gasteiger partial charge on any atom is 0.132 e. The second-order valence-corrected chi connectivity index (χ2v) is 7.55. The molecule has 0 aromatic heterocycles. The molecule has 1 fully saturated rings. The summed E-state index contributed by atoms with van der Waals surface area (Å²) in [7, 11) is 1.75. The van der Waals surface area contributed by atoms with Crippen LogP contribution in [-0.2, 0) is 4.74 Å². The summed E-state index contributed by atoms with van der Waals surface area (Å²) < 4.78 is 5.68. The van der Waals surface area contributed by atoms with Crippen molar-refractivity contribution in [1.29, 1.82) is 0 Å². The zero-order chi connectivity index (χ0) is 21.4. The van der Waals surface area contributed by atoms with Gasteiger partial charge >= 0.3 is 0 Å². The van der Waals surface area contributed by atoms with Gasteiger partial charge in [0, 0.05) is 36.5 Å². The van der Waals surface area contributed by atoms with E-state index in [4.69, 9.17) is 10.5 Å². The van der Waals surface area contributed by atoms with Crippen LogP contribution in [-0.4, -0.2) is 19.9 Å². The number of nitrogens with two attached hydrogens (primary N) is 1. The Morgan fingerprint density at radius 1 is 1.25 bits per heavy atom. The van der Waals surface area contributed by atoms with E-state index in [2.05, 4.69) is 32.3 Å². The summed E-state index contributed by atoms with van der Waals surface area (Å²) in [6.45, 7) is 15.3. The van der Waals surface area contributed by atoms with Gasteiger partial charge in [-0.3, -0.25) is 4.99 Å². The number of rotatable bonds is 10. The molecule has 0 radical (unpaired) electrons. The van der Waals surface area contributed by atoms with Crippen LogP contribution in [0.1, 0.15) is 86.0 Å². The van der Waals surface area contributed by atoms with Crippen molar-refractivity contribution >= 4 is 6.21 Å². The molecule has 1 heterocycles. The lowest BCUT2D eigenvalue weighted by atomic mass is 10.0. The van der Waals surface area contributed by atoms with Gasteiger partial charge in [0.05, 0.1) is 6.61 Å². The van der Waals surface area contributed by atoms with Crippen LogP contribution in [0.4, 0.5) is 0 Å². The first-order valence-electron chi connectivity index (χ1n) is 11.0. The van der Waals surface area contributed by atoms with Gasteiger partial charge in [0.1, 0.15) is 5.76 Å². The van der Waals surface area contributed by atoms with E-state index in [0.717, 1.165) is 40.5 Å². The molecule has 28 heavy (non-hydrogen) atoms. The number of ether oxygens (including phenoxy) is 1. The quantitative estimate of drug-likeness (QED) is 0.320. The molecule has 0 aromatic rings. The number of hydrogen-bond donors (Lipinski definition) is 1. The number of allylic oxidation sites excluding steroid dienone is 6. The zero-order valence-electron chi connectivity index (χ0n) is 19.3. The fraction of sp³-hybridized carbons (Fsp3) is 0.640. The van der Waals surface area contributed by atoms with Gasteiger partial charge in [-0.1, -0.05) is 84.4 Å². The fourth-order valence-corrected chi connectivity index (χ4v) is 3.15. The van der Waals surface area contributed by atoms with E-state index in [1.807, 2.05) is 19.9 Å². The van der Waals surface area contributed by atoms with Crippen LogP contribution < -0.4 is 5.73 Å². The average Bonchev–Trinajstić information content (AvgIpc) is 3.17. The molecule has 3 heteroatoms. The first kappa shape index (κ1) is 26.2. The number of nitrogens with zero attached hydrogens (tertiary/aromatic N) is 1. The first-order chi connectivity index (χ1) is 13.5. The van der Waals surface area contributed by atoms with Gasteiger partial charge in [0.2, 0.25) is 0 Å². The smallest absolute Gasteiger partial charge is 0.132 e. The van der Waals surface area contributed by atoms with Gasteiger partial charge in [-0.15, -0.1) is 0 Å². The molecule has 1 unspecified atom stereocenters. The highest BCUT2D eigenvalue weighted by molar-refractivity contribution is 5.86. The summed E-state index contributed by atoms with van der Waals surface area (Å²) in [4.78, 5) is 4.04. The van der Waals surface area contributed by atoms with E-state index in [1.165, 1.54) is 44.9 Å². The van der Waals surface area contributed by atoms with Crippen LogP contribution in [0.3, 0.4) is 0 Å². The largest absolute Gasteiger partial charge is 0.492 e.